The van der Waals surface area contributed by atoms with Crippen LogP contribution in [0.4, 0.5) is 11.4 Å². The van der Waals surface area contributed by atoms with Crippen LogP contribution in [0.2, 0.25) is 0 Å². The van der Waals surface area contributed by atoms with Crippen LogP contribution in [0.15, 0.2) is 73.1 Å². The smallest absolute Gasteiger partial charge is 0.217 e. The third-order valence-electron chi connectivity index (χ3n) is 2.65. The highest BCUT2D eigenvalue weighted by atomic mass is 15.3. The second-order valence-corrected chi connectivity index (χ2v) is 3.81. The molecule has 0 spiro atoms. The van der Waals surface area contributed by atoms with E-state index in [1.54, 1.807) is 0 Å². The normalized spacial score (nSPS) is 14.4. The van der Waals surface area contributed by atoms with Crippen LogP contribution in [-0.4, -0.2) is 0 Å². The highest BCUT2D eigenvalue weighted by Gasteiger charge is 2.16. The molecule has 3 rings (SSSR count). The largest absolute Gasteiger partial charge is 0.315 e. The average Bonchev–Trinajstić information content (AvgIpc) is 2.90. The Labute approximate surface area is 101 Å². The van der Waals surface area contributed by atoms with Crippen LogP contribution in [0.1, 0.15) is 0 Å². The monoisotopic (exact) mass is 220 g/mol. The van der Waals surface area contributed by atoms with Gasteiger partial charge >= 0.3 is 0 Å². The first-order valence-electron chi connectivity index (χ1n) is 5.57. The molecule has 0 aromatic heterocycles. The topological polar surface area (TPSA) is 6.48 Å². The maximum Gasteiger partial charge on any atom is 0.217 e. The quantitative estimate of drug-likeness (QED) is 0.764. The summed E-state index contributed by atoms with van der Waals surface area (Å²) in [6, 6.07) is 20.4. The molecule has 0 saturated heterocycles. The summed E-state index contributed by atoms with van der Waals surface area (Å²) in [5.74, 6) is 0. The number of hydrogen-bond donors (Lipinski definition) is 0. The number of benzene rings is 2. The van der Waals surface area contributed by atoms with Gasteiger partial charge in [0.25, 0.3) is 0 Å². The molecular formula is C15H12N2. The van der Waals surface area contributed by atoms with E-state index in [0.717, 1.165) is 11.4 Å². The number of anilines is 2. The lowest BCUT2D eigenvalue weighted by molar-refractivity contribution is 1.11. The summed E-state index contributed by atoms with van der Waals surface area (Å²) in [7, 11) is 0. The maximum atomic E-state index is 3.28. The van der Waals surface area contributed by atoms with Gasteiger partial charge in [-0.25, -0.2) is 0 Å². The lowest BCUT2D eigenvalue weighted by Gasteiger charge is -2.18. The molecule has 82 valence electrons. The van der Waals surface area contributed by atoms with E-state index >= 15 is 0 Å². The minimum absolute atomic E-state index is 1.11. The Morgan fingerprint density at radius 3 is 1.41 bits per heavy atom. The standard InChI is InChI=1S/C15H12N2/c1-3-7-14(8-4-1)16-11-12-17(13-16)15-9-5-2-6-10-15/h1-12H. The second-order valence-electron chi connectivity index (χ2n) is 3.81. The lowest BCUT2D eigenvalue weighted by Crippen LogP contribution is -2.17. The van der Waals surface area contributed by atoms with Crippen molar-refractivity contribution in [3.63, 3.8) is 0 Å². The van der Waals surface area contributed by atoms with E-state index < -0.39 is 0 Å². The zero-order valence-electron chi connectivity index (χ0n) is 9.32. The summed E-state index contributed by atoms with van der Waals surface area (Å²) in [5.41, 5.74) is 2.23. The van der Waals surface area contributed by atoms with Crippen LogP contribution in [0.3, 0.4) is 0 Å². The summed E-state index contributed by atoms with van der Waals surface area (Å²) < 4.78 is 0. The van der Waals surface area contributed by atoms with E-state index in [0.29, 0.717) is 0 Å². The van der Waals surface area contributed by atoms with Crippen molar-refractivity contribution in [2.24, 2.45) is 0 Å². The zero-order valence-corrected chi connectivity index (χ0v) is 9.32. The highest BCUT2D eigenvalue weighted by Crippen LogP contribution is 2.25. The van der Waals surface area contributed by atoms with Gasteiger partial charge in [0.15, 0.2) is 0 Å². The highest BCUT2D eigenvalue weighted by molar-refractivity contribution is 5.62. The molecule has 0 unspecified atom stereocenters. The maximum absolute atomic E-state index is 3.28. The molecule has 0 N–H and O–H groups in total. The summed E-state index contributed by atoms with van der Waals surface area (Å²) in [6.45, 7) is 3.28. The van der Waals surface area contributed by atoms with E-state index in [-0.39, 0.29) is 0 Å². The second kappa shape index (κ2) is 4.34. The van der Waals surface area contributed by atoms with Crippen molar-refractivity contribution in [1.29, 1.82) is 0 Å². The SMILES string of the molecule is [C]1N(c2ccccc2)C=CN1c1ccccc1. The fourth-order valence-corrected chi connectivity index (χ4v) is 1.78. The molecule has 0 amide bonds. The minimum Gasteiger partial charge on any atom is -0.315 e. The van der Waals surface area contributed by atoms with Gasteiger partial charge < -0.3 is 9.80 Å². The third-order valence-corrected chi connectivity index (χ3v) is 2.65. The Morgan fingerprint density at radius 1 is 0.588 bits per heavy atom. The fraction of sp³-hybridized carbons (Fsp3) is 0. The molecule has 2 heteroatoms. The number of rotatable bonds is 2. The predicted octanol–water partition coefficient (Wildman–Crippen LogP) is 3.48. The van der Waals surface area contributed by atoms with E-state index in [2.05, 4.69) is 30.9 Å². The van der Waals surface area contributed by atoms with Gasteiger partial charge in [-0.05, 0) is 24.3 Å². The minimum atomic E-state index is 1.11. The molecule has 1 heterocycles. The first-order chi connectivity index (χ1) is 8.43. The van der Waals surface area contributed by atoms with Crippen molar-refractivity contribution in [3.8, 4) is 0 Å². The summed E-state index contributed by atoms with van der Waals surface area (Å²) in [4.78, 5) is 3.96. The van der Waals surface area contributed by atoms with Crippen molar-refractivity contribution in [3.05, 3.63) is 79.7 Å². The average molecular weight is 220 g/mol. The lowest BCUT2D eigenvalue weighted by atomic mass is 10.3. The van der Waals surface area contributed by atoms with E-state index in [9.17, 15) is 0 Å². The van der Waals surface area contributed by atoms with E-state index in [1.165, 1.54) is 0 Å². The third kappa shape index (κ3) is 2.02. The summed E-state index contributed by atoms with van der Waals surface area (Å²) >= 11 is 0. The van der Waals surface area contributed by atoms with Gasteiger partial charge in [0.1, 0.15) is 0 Å². The van der Waals surface area contributed by atoms with Crippen LogP contribution in [0, 0.1) is 6.67 Å². The molecule has 0 aliphatic carbocycles. The molecule has 0 saturated carbocycles. The van der Waals surface area contributed by atoms with E-state index in [1.807, 2.05) is 58.6 Å². The van der Waals surface area contributed by atoms with E-state index in [4.69, 9.17) is 0 Å². The predicted molar refractivity (Wildman–Crippen MR) is 70.2 cm³/mol. The molecule has 0 fully saturated rings. The van der Waals surface area contributed by atoms with Crippen LogP contribution in [0.5, 0.6) is 0 Å². The molecule has 0 bridgehead atoms. The van der Waals surface area contributed by atoms with Crippen molar-refractivity contribution in [1.82, 2.24) is 0 Å². The molecule has 2 radical (unpaired) electrons. The Balaban J connectivity index is 1.78. The van der Waals surface area contributed by atoms with Crippen LogP contribution in [0.25, 0.3) is 0 Å². The molecular weight excluding hydrogens is 208 g/mol. The van der Waals surface area contributed by atoms with Gasteiger partial charge in [0, 0.05) is 23.8 Å². The molecule has 17 heavy (non-hydrogen) atoms. The van der Waals surface area contributed by atoms with Gasteiger partial charge in [-0.3, -0.25) is 0 Å². The summed E-state index contributed by atoms with van der Waals surface area (Å²) in [6.07, 6.45) is 4.00. The van der Waals surface area contributed by atoms with Gasteiger partial charge in [-0.15, -0.1) is 0 Å². The van der Waals surface area contributed by atoms with Crippen LogP contribution in [-0.2, 0) is 0 Å². The molecule has 1 aliphatic rings. The van der Waals surface area contributed by atoms with Crippen LogP contribution < -0.4 is 9.80 Å². The van der Waals surface area contributed by atoms with Gasteiger partial charge in [-0.2, -0.15) is 0 Å². The molecule has 1 aliphatic heterocycles. The Hall–Kier alpha value is -2.22. The van der Waals surface area contributed by atoms with Crippen molar-refractivity contribution in [2.75, 3.05) is 9.80 Å². The first-order valence-corrected chi connectivity index (χ1v) is 5.57. The fourth-order valence-electron chi connectivity index (χ4n) is 1.78. The first kappa shape index (κ1) is 9.97. The number of para-hydroxylation sites is 2. The van der Waals surface area contributed by atoms with Crippen molar-refractivity contribution >= 4 is 11.4 Å². The zero-order chi connectivity index (χ0) is 11.5. The van der Waals surface area contributed by atoms with Crippen molar-refractivity contribution < 1.29 is 0 Å². The van der Waals surface area contributed by atoms with Gasteiger partial charge in [-0.1, -0.05) is 36.4 Å². The van der Waals surface area contributed by atoms with Gasteiger partial charge in [0.2, 0.25) is 6.67 Å². The Bertz CT molecular complexity index is 457. The molecule has 2 aromatic carbocycles. The number of hydrogen-bond acceptors (Lipinski definition) is 2. The van der Waals surface area contributed by atoms with Crippen LogP contribution >= 0.6 is 0 Å². The van der Waals surface area contributed by atoms with Crippen molar-refractivity contribution in [2.45, 2.75) is 0 Å². The number of nitrogens with zero attached hydrogens (tertiary/aromatic N) is 2. The Morgan fingerprint density at radius 2 is 1.00 bits per heavy atom. The molecule has 2 nitrogen and oxygen atoms in total. The Kier molecular flexibility index (Phi) is 2.54. The van der Waals surface area contributed by atoms with Gasteiger partial charge in [0.05, 0.1) is 0 Å². The molecule has 2 aromatic rings. The molecule has 0 atom stereocenters. The summed E-state index contributed by atoms with van der Waals surface area (Å²) in [5, 5.41) is 0.